The average molecular weight is 388 g/mol. The van der Waals surface area contributed by atoms with Gasteiger partial charge in [-0.25, -0.2) is 4.39 Å². The minimum atomic E-state index is -0.261. The van der Waals surface area contributed by atoms with Crippen LogP contribution >= 0.6 is 0 Å². The van der Waals surface area contributed by atoms with Crippen LogP contribution in [-0.4, -0.2) is 11.5 Å². The summed E-state index contributed by atoms with van der Waals surface area (Å²) in [5.74, 6) is 0.939. The van der Waals surface area contributed by atoms with Gasteiger partial charge in [0.15, 0.2) is 0 Å². The third-order valence-corrected chi connectivity index (χ3v) is 7.26. The number of halogens is 1. The van der Waals surface area contributed by atoms with Crippen LogP contribution in [0.5, 0.6) is 0 Å². The van der Waals surface area contributed by atoms with Crippen LogP contribution in [0.4, 0.5) is 15.8 Å². The van der Waals surface area contributed by atoms with Crippen molar-refractivity contribution in [1.29, 1.82) is 0 Å². The lowest BCUT2D eigenvalue weighted by Crippen LogP contribution is -2.46. The Morgan fingerprint density at radius 2 is 1.69 bits per heavy atom. The predicted octanol–water partition coefficient (Wildman–Crippen LogP) is 5.63. The van der Waals surface area contributed by atoms with Gasteiger partial charge >= 0.3 is 0 Å². The summed E-state index contributed by atoms with van der Waals surface area (Å²) < 4.78 is 13.6. The van der Waals surface area contributed by atoms with E-state index in [1.54, 1.807) is 24.3 Å². The maximum absolute atomic E-state index is 13.6. The van der Waals surface area contributed by atoms with Crippen molar-refractivity contribution in [2.75, 3.05) is 11.4 Å². The van der Waals surface area contributed by atoms with E-state index >= 15 is 0 Å². The highest BCUT2D eigenvalue weighted by Gasteiger charge is 2.48. The summed E-state index contributed by atoms with van der Waals surface area (Å²) in [4.78, 5) is 13.9. The van der Waals surface area contributed by atoms with Crippen molar-refractivity contribution in [1.82, 2.24) is 0 Å². The molecule has 6 rings (SSSR count). The van der Waals surface area contributed by atoms with Crippen molar-refractivity contribution < 1.29 is 9.31 Å². The lowest BCUT2D eigenvalue weighted by atomic mass is 9.70. The fourth-order valence-corrected chi connectivity index (χ4v) is 6.10. The van der Waals surface area contributed by atoms with Crippen LogP contribution < -0.4 is 4.90 Å². The van der Waals surface area contributed by atoms with Crippen LogP contribution in [0.2, 0.25) is 0 Å². The topological polar surface area (TPSA) is 46.4 Å². The van der Waals surface area contributed by atoms with Gasteiger partial charge in [0.05, 0.1) is 11.0 Å². The third kappa shape index (κ3) is 2.36. The second-order valence-corrected chi connectivity index (χ2v) is 8.68. The molecule has 0 radical (unpaired) electrons. The normalized spacial score (nSPS) is 30.8. The Morgan fingerprint density at radius 1 is 1.00 bits per heavy atom. The van der Waals surface area contributed by atoms with Crippen LogP contribution in [0.3, 0.4) is 0 Å². The lowest BCUT2D eigenvalue weighted by Gasteiger charge is -2.51. The lowest BCUT2D eigenvalue weighted by molar-refractivity contribution is -0.385. The first-order chi connectivity index (χ1) is 14.1. The Kier molecular flexibility index (Phi) is 3.52. The summed E-state index contributed by atoms with van der Waals surface area (Å²) in [6.07, 6.45) is 10.8. The molecule has 0 spiro atoms. The highest BCUT2D eigenvalue weighted by Crippen LogP contribution is 2.59. The minimum Gasteiger partial charge on any atom is -0.363 e. The van der Waals surface area contributed by atoms with Crippen LogP contribution in [0.15, 0.2) is 60.7 Å². The zero-order valence-electron chi connectivity index (χ0n) is 15.9. The minimum absolute atomic E-state index is 0.157. The largest absolute Gasteiger partial charge is 0.363 e. The Bertz CT molecular complexity index is 1060. The first-order valence-corrected chi connectivity index (χ1v) is 10.3. The van der Waals surface area contributed by atoms with Gasteiger partial charge in [-0.3, -0.25) is 10.1 Å². The zero-order chi connectivity index (χ0) is 19.7. The number of nitro groups is 1. The number of nitro benzene ring substituents is 1. The van der Waals surface area contributed by atoms with Gasteiger partial charge in [-0.2, -0.15) is 0 Å². The second kappa shape index (κ2) is 6.02. The molecule has 2 aliphatic carbocycles. The molecule has 0 unspecified atom stereocenters. The number of non-ortho nitro benzene ring substituents is 1. The van der Waals surface area contributed by atoms with Crippen molar-refractivity contribution in [2.45, 2.75) is 30.7 Å². The maximum atomic E-state index is 13.6. The molecule has 0 fully saturated rings. The van der Waals surface area contributed by atoms with E-state index in [0.29, 0.717) is 11.8 Å². The molecule has 2 heterocycles. The highest BCUT2D eigenvalue weighted by molar-refractivity contribution is 5.72. The van der Waals surface area contributed by atoms with Crippen LogP contribution in [0.1, 0.15) is 47.4 Å². The molecule has 0 saturated carbocycles. The molecule has 4 aliphatic rings. The predicted molar refractivity (Wildman–Crippen MR) is 110 cm³/mol. The van der Waals surface area contributed by atoms with Gasteiger partial charge in [-0.05, 0) is 53.5 Å². The number of hydrogen-bond acceptors (Lipinski definition) is 3. The van der Waals surface area contributed by atoms with Crippen LogP contribution in [0, 0.1) is 27.8 Å². The van der Waals surface area contributed by atoms with Gasteiger partial charge < -0.3 is 4.90 Å². The molecule has 5 atom stereocenters. The van der Waals surface area contributed by atoms with E-state index in [1.807, 2.05) is 12.1 Å². The van der Waals surface area contributed by atoms with E-state index in [2.05, 4.69) is 29.2 Å². The van der Waals surface area contributed by atoms with E-state index in [0.717, 1.165) is 36.1 Å². The molecule has 5 heteroatoms. The summed E-state index contributed by atoms with van der Waals surface area (Å²) in [6, 6.07) is 10.6. The maximum Gasteiger partial charge on any atom is 0.270 e. The molecular weight excluding hydrogens is 367 g/mol. The summed E-state index contributed by atoms with van der Waals surface area (Å²) in [5, 5.41) is 11.7. The first kappa shape index (κ1) is 17.0. The molecule has 4 nitrogen and oxygen atoms in total. The van der Waals surface area contributed by atoms with Gasteiger partial charge in [0.2, 0.25) is 0 Å². The number of benzene rings is 2. The first-order valence-electron chi connectivity index (χ1n) is 10.3. The van der Waals surface area contributed by atoms with E-state index in [1.165, 1.54) is 5.69 Å². The smallest absolute Gasteiger partial charge is 0.270 e. The van der Waals surface area contributed by atoms with E-state index in [9.17, 15) is 14.5 Å². The molecule has 0 amide bonds. The number of nitrogens with zero attached hydrogens (tertiary/aromatic N) is 2. The van der Waals surface area contributed by atoms with Crippen LogP contribution in [0.25, 0.3) is 0 Å². The van der Waals surface area contributed by atoms with Gasteiger partial charge in [-0.1, -0.05) is 36.4 Å². The molecule has 2 aliphatic heterocycles. The highest BCUT2D eigenvalue weighted by atomic mass is 19.1. The number of allylic oxidation sites excluding steroid dienone is 4. The van der Waals surface area contributed by atoms with Gasteiger partial charge in [-0.15, -0.1) is 0 Å². The van der Waals surface area contributed by atoms with E-state index < -0.39 is 0 Å². The van der Waals surface area contributed by atoms with Crippen LogP contribution in [-0.2, 0) is 0 Å². The van der Waals surface area contributed by atoms with Crippen molar-refractivity contribution in [3.63, 3.8) is 0 Å². The second-order valence-electron chi connectivity index (χ2n) is 8.68. The summed E-state index contributed by atoms with van der Waals surface area (Å²) in [7, 11) is 0. The fraction of sp³-hybridized carbons (Fsp3) is 0.333. The SMILES string of the molecule is O=[N+]([O-])c1cc2c3c(c1)[C@H]1C=CC[C@@H]1[C@H](c1ccc(F)cc1)N3C[C@H]1CC=C[C@H]21. The molecular formula is C24H21FN2O2. The van der Waals surface area contributed by atoms with Crippen molar-refractivity contribution in [3.05, 3.63) is 93.3 Å². The Labute approximate surface area is 168 Å². The molecule has 0 bridgehead atoms. The summed E-state index contributed by atoms with van der Waals surface area (Å²) >= 11 is 0. The Morgan fingerprint density at radius 3 is 2.45 bits per heavy atom. The number of hydrogen-bond donors (Lipinski definition) is 0. The Balaban J connectivity index is 1.59. The monoisotopic (exact) mass is 388 g/mol. The molecule has 29 heavy (non-hydrogen) atoms. The average Bonchev–Trinajstić information content (AvgIpc) is 3.38. The molecule has 146 valence electrons. The van der Waals surface area contributed by atoms with Crippen molar-refractivity contribution in [3.8, 4) is 0 Å². The quantitative estimate of drug-likeness (QED) is 0.381. The number of rotatable bonds is 2. The van der Waals surface area contributed by atoms with Gasteiger partial charge in [0, 0.05) is 36.2 Å². The third-order valence-electron chi connectivity index (χ3n) is 7.26. The molecule has 2 aromatic rings. The molecule has 0 N–H and O–H groups in total. The van der Waals surface area contributed by atoms with Crippen molar-refractivity contribution >= 4 is 11.4 Å². The molecule has 0 aromatic heterocycles. The summed E-state index contributed by atoms with van der Waals surface area (Å²) in [5.41, 5.74) is 4.67. The van der Waals surface area contributed by atoms with Gasteiger partial charge in [0.1, 0.15) is 5.82 Å². The number of fused-ring (bicyclic) bond motifs is 4. The molecule has 0 saturated heterocycles. The standard InChI is InChI=1S/C24H21FN2O2/c25-16-9-7-14(8-10-16)23-20-6-2-5-19(20)22-12-17(27(28)29)11-21-18-4-1-3-15(18)13-26(23)24(21)22/h1-2,4-5,7-12,15,18-20,23H,3,6,13H2/t15-,18+,19+,20+,23+/m1/s1. The van der Waals surface area contributed by atoms with E-state index in [-0.39, 0.29) is 34.3 Å². The van der Waals surface area contributed by atoms with Crippen molar-refractivity contribution in [2.24, 2.45) is 11.8 Å². The summed E-state index contributed by atoms with van der Waals surface area (Å²) in [6.45, 7) is 0.931. The van der Waals surface area contributed by atoms with Gasteiger partial charge in [0.25, 0.3) is 5.69 Å². The van der Waals surface area contributed by atoms with E-state index in [4.69, 9.17) is 0 Å². The zero-order valence-corrected chi connectivity index (χ0v) is 15.9. The number of anilines is 1. The Hall–Kier alpha value is -2.95. The fourth-order valence-electron chi connectivity index (χ4n) is 6.10. The molecule has 2 aromatic carbocycles.